The van der Waals surface area contributed by atoms with Crippen molar-refractivity contribution in [3.63, 3.8) is 0 Å². The SMILES string of the molecule is CCOC(=O)C=Cc1ccc(NC(=O)Oc2ccccc2)cc1. The highest BCUT2D eigenvalue weighted by Crippen LogP contribution is 2.13. The van der Waals surface area contributed by atoms with Crippen molar-refractivity contribution in [3.8, 4) is 5.75 Å². The first-order valence-electron chi connectivity index (χ1n) is 7.16. The average Bonchev–Trinajstić information content (AvgIpc) is 2.55. The Hall–Kier alpha value is -3.08. The number of carbonyl (C=O) groups is 2. The van der Waals surface area contributed by atoms with Crippen LogP contribution in [0.25, 0.3) is 6.08 Å². The van der Waals surface area contributed by atoms with Gasteiger partial charge in [0, 0.05) is 11.8 Å². The van der Waals surface area contributed by atoms with E-state index in [1.807, 2.05) is 6.07 Å². The molecule has 0 aromatic heterocycles. The lowest BCUT2D eigenvalue weighted by molar-refractivity contribution is -0.137. The van der Waals surface area contributed by atoms with Crippen LogP contribution in [0.2, 0.25) is 0 Å². The van der Waals surface area contributed by atoms with Gasteiger partial charge in [-0.25, -0.2) is 9.59 Å². The monoisotopic (exact) mass is 311 g/mol. The topological polar surface area (TPSA) is 64.6 Å². The minimum atomic E-state index is -0.564. The minimum Gasteiger partial charge on any atom is -0.463 e. The maximum Gasteiger partial charge on any atom is 0.417 e. The molecule has 118 valence electrons. The van der Waals surface area contributed by atoms with Crippen LogP contribution in [0.15, 0.2) is 60.7 Å². The molecule has 2 rings (SSSR count). The number of ether oxygens (including phenoxy) is 2. The van der Waals surface area contributed by atoms with Crippen LogP contribution >= 0.6 is 0 Å². The second kappa shape index (κ2) is 8.38. The van der Waals surface area contributed by atoms with Gasteiger partial charge in [-0.15, -0.1) is 0 Å². The summed E-state index contributed by atoms with van der Waals surface area (Å²) in [6.45, 7) is 2.09. The number of benzene rings is 2. The van der Waals surface area contributed by atoms with Crippen LogP contribution in [0.3, 0.4) is 0 Å². The van der Waals surface area contributed by atoms with Crippen LogP contribution in [0.4, 0.5) is 10.5 Å². The van der Waals surface area contributed by atoms with Crippen molar-refractivity contribution in [2.75, 3.05) is 11.9 Å². The number of hydrogen-bond acceptors (Lipinski definition) is 4. The fourth-order valence-corrected chi connectivity index (χ4v) is 1.77. The first kappa shape index (κ1) is 16.3. The van der Waals surface area contributed by atoms with Gasteiger partial charge in [-0.3, -0.25) is 5.32 Å². The van der Waals surface area contributed by atoms with E-state index in [0.717, 1.165) is 5.56 Å². The van der Waals surface area contributed by atoms with Gasteiger partial charge in [0.25, 0.3) is 0 Å². The number of anilines is 1. The van der Waals surface area contributed by atoms with Crippen LogP contribution in [0.1, 0.15) is 12.5 Å². The van der Waals surface area contributed by atoms with Crippen molar-refractivity contribution >= 4 is 23.8 Å². The zero-order valence-corrected chi connectivity index (χ0v) is 12.7. The third-order valence-corrected chi connectivity index (χ3v) is 2.81. The van der Waals surface area contributed by atoms with Crippen LogP contribution < -0.4 is 10.1 Å². The van der Waals surface area contributed by atoms with Crippen LogP contribution in [-0.4, -0.2) is 18.7 Å². The molecule has 0 fully saturated rings. The molecule has 0 saturated heterocycles. The summed E-state index contributed by atoms with van der Waals surface area (Å²) >= 11 is 0. The Morgan fingerprint density at radius 1 is 1.04 bits per heavy atom. The molecular formula is C18H17NO4. The predicted molar refractivity (Wildman–Crippen MR) is 88.2 cm³/mol. The molecule has 5 heteroatoms. The summed E-state index contributed by atoms with van der Waals surface area (Å²) in [6.07, 6.45) is 2.44. The number of hydrogen-bond donors (Lipinski definition) is 1. The maximum atomic E-state index is 11.7. The smallest absolute Gasteiger partial charge is 0.417 e. The van der Waals surface area contributed by atoms with Gasteiger partial charge in [0.1, 0.15) is 5.75 Å². The Morgan fingerprint density at radius 3 is 2.39 bits per heavy atom. The van der Waals surface area contributed by atoms with Crippen molar-refractivity contribution in [3.05, 3.63) is 66.2 Å². The molecule has 0 aliphatic heterocycles. The highest BCUT2D eigenvalue weighted by molar-refractivity contribution is 5.88. The van der Waals surface area contributed by atoms with Gasteiger partial charge in [0.2, 0.25) is 0 Å². The molecule has 0 aliphatic rings. The fourth-order valence-electron chi connectivity index (χ4n) is 1.77. The average molecular weight is 311 g/mol. The molecule has 1 N–H and O–H groups in total. The second-order valence-corrected chi connectivity index (χ2v) is 4.53. The Kier molecular flexibility index (Phi) is 5.94. The molecule has 0 spiro atoms. The van der Waals surface area contributed by atoms with Crippen LogP contribution in [0, 0.1) is 0 Å². The Balaban J connectivity index is 1.89. The molecule has 0 bridgehead atoms. The fraction of sp³-hybridized carbons (Fsp3) is 0.111. The Morgan fingerprint density at radius 2 is 1.74 bits per heavy atom. The standard InChI is InChI=1S/C18H17NO4/c1-2-22-17(20)13-10-14-8-11-15(12-9-14)19-18(21)23-16-6-4-3-5-7-16/h3-13H,2H2,1H3,(H,19,21). The highest BCUT2D eigenvalue weighted by Gasteiger charge is 2.04. The maximum absolute atomic E-state index is 11.7. The van der Waals surface area contributed by atoms with E-state index >= 15 is 0 Å². The van der Waals surface area contributed by atoms with E-state index < -0.39 is 6.09 Å². The first-order valence-corrected chi connectivity index (χ1v) is 7.16. The van der Waals surface area contributed by atoms with E-state index in [1.54, 1.807) is 61.5 Å². The first-order chi connectivity index (χ1) is 11.2. The van der Waals surface area contributed by atoms with Gasteiger partial charge in [0.05, 0.1) is 6.61 Å². The molecule has 23 heavy (non-hydrogen) atoms. The van der Waals surface area contributed by atoms with Crippen molar-refractivity contribution in [2.45, 2.75) is 6.92 Å². The van der Waals surface area contributed by atoms with Crippen molar-refractivity contribution < 1.29 is 19.1 Å². The van der Waals surface area contributed by atoms with E-state index in [2.05, 4.69) is 5.32 Å². The van der Waals surface area contributed by atoms with E-state index in [1.165, 1.54) is 6.08 Å². The molecule has 2 aromatic carbocycles. The molecule has 5 nitrogen and oxygen atoms in total. The molecule has 0 heterocycles. The van der Waals surface area contributed by atoms with Crippen molar-refractivity contribution in [1.82, 2.24) is 0 Å². The van der Waals surface area contributed by atoms with Gasteiger partial charge >= 0.3 is 12.1 Å². The van der Waals surface area contributed by atoms with Crippen molar-refractivity contribution in [2.24, 2.45) is 0 Å². The zero-order chi connectivity index (χ0) is 16.5. The largest absolute Gasteiger partial charge is 0.463 e. The summed E-state index contributed by atoms with van der Waals surface area (Å²) in [6, 6.07) is 15.8. The van der Waals surface area contributed by atoms with Crippen LogP contribution in [0.5, 0.6) is 5.75 Å². The number of carbonyl (C=O) groups excluding carboxylic acids is 2. The van der Waals surface area contributed by atoms with E-state index in [0.29, 0.717) is 18.0 Å². The molecule has 0 atom stereocenters. The normalized spacial score (nSPS) is 10.3. The summed E-state index contributed by atoms with van der Waals surface area (Å²) < 4.78 is 9.93. The molecule has 0 unspecified atom stereocenters. The Bertz CT molecular complexity index is 678. The summed E-state index contributed by atoms with van der Waals surface area (Å²) in [5, 5.41) is 2.63. The lowest BCUT2D eigenvalue weighted by atomic mass is 10.2. The van der Waals surface area contributed by atoms with Gasteiger partial charge in [-0.05, 0) is 42.8 Å². The third-order valence-electron chi connectivity index (χ3n) is 2.81. The van der Waals surface area contributed by atoms with E-state index in [-0.39, 0.29) is 5.97 Å². The number of para-hydroxylation sites is 1. The lowest BCUT2D eigenvalue weighted by Gasteiger charge is -2.06. The summed E-state index contributed by atoms with van der Waals surface area (Å²) in [4.78, 5) is 23.0. The zero-order valence-electron chi connectivity index (χ0n) is 12.7. The lowest BCUT2D eigenvalue weighted by Crippen LogP contribution is -2.16. The molecular weight excluding hydrogens is 294 g/mol. The molecule has 2 aromatic rings. The third kappa shape index (κ3) is 5.67. The predicted octanol–water partition coefficient (Wildman–Crippen LogP) is 3.87. The van der Waals surface area contributed by atoms with Crippen molar-refractivity contribution in [1.29, 1.82) is 0 Å². The quantitative estimate of drug-likeness (QED) is 0.672. The highest BCUT2D eigenvalue weighted by atomic mass is 16.6. The molecule has 0 aliphatic carbocycles. The van der Waals surface area contributed by atoms with Gasteiger partial charge in [-0.1, -0.05) is 30.3 Å². The Labute approximate surface area is 134 Å². The second-order valence-electron chi connectivity index (χ2n) is 4.53. The summed E-state index contributed by atoms with van der Waals surface area (Å²) in [5.41, 5.74) is 1.42. The minimum absolute atomic E-state index is 0.343. The van der Waals surface area contributed by atoms with E-state index in [4.69, 9.17) is 9.47 Å². The van der Waals surface area contributed by atoms with E-state index in [9.17, 15) is 9.59 Å². The van der Waals surface area contributed by atoms with Gasteiger partial charge < -0.3 is 9.47 Å². The van der Waals surface area contributed by atoms with Crippen LogP contribution in [-0.2, 0) is 9.53 Å². The molecule has 0 saturated carbocycles. The molecule has 0 radical (unpaired) electrons. The number of esters is 1. The summed E-state index contributed by atoms with van der Waals surface area (Å²) in [5.74, 6) is 0.0835. The van der Waals surface area contributed by atoms with Gasteiger partial charge in [-0.2, -0.15) is 0 Å². The molecule has 1 amide bonds. The number of amides is 1. The number of rotatable bonds is 5. The summed E-state index contributed by atoms with van der Waals surface area (Å²) in [7, 11) is 0. The van der Waals surface area contributed by atoms with Gasteiger partial charge in [0.15, 0.2) is 0 Å². The number of nitrogens with one attached hydrogen (secondary N) is 1.